The molecule has 0 spiro atoms. The monoisotopic (exact) mass is 236 g/mol. The van der Waals surface area contributed by atoms with E-state index in [9.17, 15) is 4.79 Å². The van der Waals surface area contributed by atoms with Crippen LogP contribution in [0.5, 0.6) is 5.75 Å². The number of hydrogen-bond acceptors (Lipinski definition) is 3. The van der Waals surface area contributed by atoms with E-state index < -0.39 is 5.97 Å². The molecule has 4 heteroatoms. The molecule has 1 aliphatic rings. The van der Waals surface area contributed by atoms with Crippen LogP contribution in [-0.2, 0) is 9.53 Å². The summed E-state index contributed by atoms with van der Waals surface area (Å²) in [6, 6.07) is 7.58. The van der Waals surface area contributed by atoms with Crippen molar-refractivity contribution in [1.82, 2.24) is 0 Å². The highest BCUT2D eigenvalue weighted by atomic mass is 16.5. The molecule has 17 heavy (non-hydrogen) atoms. The van der Waals surface area contributed by atoms with Crippen LogP contribution in [0.2, 0.25) is 0 Å². The predicted octanol–water partition coefficient (Wildman–Crippen LogP) is 2.25. The Morgan fingerprint density at radius 2 is 2.12 bits per heavy atom. The van der Waals surface area contributed by atoms with Crippen LogP contribution in [0.1, 0.15) is 24.5 Å². The predicted molar refractivity (Wildman–Crippen MR) is 62.0 cm³/mol. The number of benzene rings is 1. The van der Waals surface area contributed by atoms with E-state index in [4.69, 9.17) is 14.6 Å². The Morgan fingerprint density at radius 3 is 2.71 bits per heavy atom. The van der Waals surface area contributed by atoms with E-state index in [1.54, 1.807) is 7.11 Å². The van der Waals surface area contributed by atoms with Crippen LogP contribution in [-0.4, -0.2) is 24.8 Å². The molecule has 1 N–H and O–H groups in total. The molecule has 0 radical (unpaired) electrons. The highest BCUT2D eigenvalue weighted by Gasteiger charge is 2.28. The molecule has 2 atom stereocenters. The molecule has 2 rings (SSSR count). The summed E-state index contributed by atoms with van der Waals surface area (Å²) in [6.07, 6.45) is 1.03. The van der Waals surface area contributed by atoms with Gasteiger partial charge in [-0.1, -0.05) is 12.1 Å². The Kier molecular flexibility index (Phi) is 3.64. The first kappa shape index (κ1) is 11.9. The van der Waals surface area contributed by atoms with Gasteiger partial charge in [-0.05, 0) is 30.5 Å². The number of methoxy groups -OCH3 is 1. The number of carbonyl (C=O) groups is 1. The molecular weight excluding hydrogens is 220 g/mol. The number of hydrogen-bond donors (Lipinski definition) is 1. The maximum Gasteiger partial charge on any atom is 0.306 e. The van der Waals surface area contributed by atoms with Gasteiger partial charge in [-0.3, -0.25) is 4.79 Å². The van der Waals surface area contributed by atoms with Crippen LogP contribution in [0.4, 0.5) is 0 Å². The SMILES string of the molecule is COc1ccc(C2CC(C(=O)O)CCO2)cc1. The second-order valence-electron chi connectivity index (χ2n) is 4.19. The van der Waals surface area contributed by atoms with Crippen molar-refractivity contribution in [2.75, 3.05) is 13.7 Å². The number of ether oxygens (including phenoxy) is 2. The third-order valence-electron chi connectivity index (χ3n) is 3.12. The average Bonchev–Trinajstić information content (AvgIpc) is 2.39. The maximum atomic E-state index is 11.0. The van der Waals surface area contributed by atoms with Gasteiger partial charge in [-0.2, -0.15) is 0 Å². The highest BCUT2D eigenvalue weighted by Crippen LogP contribution is 2.32. The van der Waals surface area contributed by atoms with Crippen molar-refractivity contribution in [3.05, 3.63) is 29.8 Å². The Morgan fingerprint density at radius 1 is 1.41 bits per heavy atom. The van der Waals surface area contributed by atoms with E-state index in [0.717, 1.165) is 11.3 Å². The number of carboxylic acids is 1. The molecule has 92 valence electrons. The number of carboxylic acid groups (broad SMARTS) is 1. The second-order valence-corrected chi connectivity index (χ2v) is 4.19. The van der Waals surface area contributed by atoms with Crippen LogP contribution in [0, 0.1) is 5.92 Å². The van der Waals surface area contributed by atoms with Crippen LogP contribution in [0.3, 0.4) is 0 Å². The standard InChI is InChI=1S/C13H16O4/c1-16-11-4-2-9(3-5-11)12-8-10(13(14)15)6-7-17-12/h2-5,10,12H,6-8H2,1H3,(H,14,15). The Labute approximate surface area is 100 Å². The van der Waals surface area contributed by atoms with Crippen molar-refractivity contribution < 1.29 is 19.4 Å². The van der Waals surface area contributed by atoms with E-state index in [2.05, 4.69) is 0 Å². The first-order valence-corrected chi connectivity index (χ1v) is 5.69. The van der Waals surface area contributed by atoms with Crippen molar-refractivity contribution in [2.45, 2.75) is 18.9 Å². The fraction of sp³-hybridized carbons (Fsp3) is 0.462. The van der Waals surface area contributed by atoms with Gasteiger partial charge in [-0.25, -0.2) is 0 Å². The van der Waals surface area contributed by atoms with Gasteiger partial charge >= 0.3 is 5.97 Å². The molecule has 0 saturated carbocycles. The van der Waals surface area contributed by atoms with E-state index in [1.807, 2.05) is 24.3 Å². The molecule has 1 heterocycles. The molecule has 4 nitrogen and oxygen atoms in total. The largest absolute Gasteiger partial charge is 0.497 e. The van der Waals surface area contributed by atoms with E-state index >= 15 is 0 Å². The maximum absolute atomic E-state index is 11.0. The Bertz CT molecular complexity index is 385. The summed E-state index contributed by atoms with van der Waals surface area (Å²) in [5.74, 6) is -0.234. The third-order valence-corrected chi connectivity index (χ3v) is 3.12. The van der Waals surface area contributed by atoms with Gasteiger partial charge in [0.25, 0.3) is 0 Å². The molecule has 0 amide bonds. The van der Waals surface area contributed by atoms with Gasteiger partial charge < -0.3 is 14.6 Å². The molecular formula is C13H16O4. The van der Waals surface area contributed by atoms with Crippen molar-refractivity contribution >= 4 is 5.97 Å². The lowest BCUT2D eigenvalue weighted by atomic mass is 9.92. The minimum atomic E-state index is -0.730. The van der Waals surface area contributed by atoms with E-state index in [-0.39, 0.29) is 12.0 Å². The second kappa shape index (κ2) is 5.19. The molecule has 1 saturated heterocycles. The van der Waals surface area contributed by atoms with Crippen LogP contribution >= 0.6 is 0 Å². The minimum absolute atomic E-state index is 0.115. The summed E-state index contributed by atoms with van der Waals surface area (Å²) in [5, 5.41) is 9.01. The molecule has 0 aromatic heterocycles. The first-order chi connectivity index (χ1) is 8.20. The molecule has 1 aliphatic heterocycles. The quantitative estimate of drug-likeness (QED) is 0.874. The zero-order valence-electron chi connectivity index (χ0n) is 9.76. The topological polar surface area (TPSA) is 55.8 Å². The van der Waals surface area contributed by atoms with Crippen LogP contribution in [0.25, 0.3) is 0 Å². The van der Waals surface area contributed by atoms with Crippen molar-refractivity contribution in [3.8, 4) is 5.75 Å². The summed E-state index contributed by atoms with van der Waals surface area (Å²) in [4.78, 5) is 11.0. The zero-order chi connectivity index (χ0) is 12.3. The normalized spacial score (nSPS) is 24.3. The first-order valence-electron chi connectivity index (χ1n) is 5.69. The van der Waals surface area contributed by atoms with Gasteiger partial charge in [0.1, 0.15) is 5.75 Å². The fourth-order valence-electron chi connectivity index (χ4n) is 2.07. The highest BCUT2D eigenvalue weighted by molar-refractivity contribution is 5.70. The summed E-state index contributed by atoms with van der Waals surface area (Å²) in [7, 11) is 1.62. The Balaban J connectivity index is 2.08. The lowest BCUT2D eigenvalue weighted by Gasteiger charge is -2.27. The van der Waals surface area contributed by atoms with Gasteiger partial charge in [0.15, 0.2) is 0 Å². The van der Waals surface area contributed by atoms with Gasteiger partial charge in [0.2, 0.25) is 0 Å². The molecule has 1 fully saturated rings. The Hall–Kier alpha value is -1.55. The zero-order valence-corrected chi connectivity index (χ0v) is 9.76. The fourth-order valence-corrected chi connectivity index (χ4v) is 2.07. The number of rotatable bonds is 3. The van der Waals surface area contributed by atoms with Crippen LogP contribution < -0.4 is 4.74 Å². The summed E-state index contributed by atoms with van der Waals surface area (Å²) in [6.45, 7) is 0.508. The third kappa shape index (κ3) is 2.77. The smallest absolute Gasteiger partial charge is 0.306 e. The van der Waals surface area contributed by atoms with E-state index in [0.29, 0.717) is 19.4 Å². The summed E-state index contributed by atoms with van der Waals surface area (Å²) < 4.78 is 10.7. The summed E-state index contributed by atoms with van der Waals surface area (Å²) >= 11 is 0. The lowest BCUT2D eigenvalue weighted by molar-refractivity contribution is -0.147. The molecule has 0 aliphatic carbocycles. The van der Waals surface area contributed by atoms with E-state index in [1.165, 1.54) is 0 Å². The van der Waals surface area contributed by atoms with Crippen molar-refractivity contribution in [3.63, 3.8) is 0 Å². The lowest BCUT2D eigenvalue weighted by Crippen LogP contribution is -2.25. The van der Waals surface area contributed by atoms with Crippen molar-refractivity contribution in [1.29, 1.82) is 0 Å². The van der Waals surface area contributed by atoms with Gasteiger partial charge in [0, 0.05) is 6.61 Å². The molecule has 0 bridgehead atoms. The average molecular weight is 236 g/mol. The molecule has 1 aromatic carbocycles. The van der Waals surface area contributed by atoms with Crippen LogP contribution in [0.15, 0.2) is 24.3 Å². The van der Waals surface area contributed by atoms with Gasteiger partial charge in [-0.15, -0.1) is 0 Å². The minimum Gasteiger partial charge on any atom is -0.497 e. The van der Waals surface area contributed by atoms with Crippen molar-refractivity contribution in [2.24, 2.45) is 5.92 Å². The molecule has 1 aromatic rings. The summed E-state index contributed by atoms with van der Waals surface area (Å²) in [5.41, 5.74) is 1.01. The van der Waals surface area contributed by atoms with Gasteiger partial charge in [0.05, 0.1) is 19.1 Å². The number of aliphatic carboxylic acids is 1. The molecule has 2 unspecified atom stereocenters.